The van der Waals surface area contributed by atoms with Crippen LogP contribution in [0.2, 0.25) is 0 Å². The molecule has 2 heterocycles. The molecule has 2 aromatic rings. The maximum Gasteiger partial charge on any atom is 0.287 e. The van der Waals surface area contributed by atoms with Gasteiger partial charge in [0.05, 0.1) is 6.26 Å². The van der Waals surface area contributed by atoms with Crippen LogP contribution >= 0.6 is 0 Å². The molecule has 0 fully saturated rings. The number of fused-ring (bicyclic) bond motifs is 1. The van der Waals surface area contributed by atoms with Crippen LogP contribution in [0.15, 0.2) is 41.0 Å². The Hall–Kier alpha value is -2.96. The van der Waals surface area contributed by atoms with Gasteiger partial charge in [0, 0.05) is 6.54 Å². The van der Waals surface area contributed by atoms with Crippen LogP contribution in [0.3, 0.4) is 0 Å². The summed E-state index contributed by atoms with van der Waals surface area (Å²) in [5.41, 5.74) is 0.887. The lowest BCUT2D eigenvalue weighted by molar-refractivity contribution is -0.124. The Morgan fingerprint density at radius 1 is 1.16 bits per heavy atom. The summed E-state index contributed by atoms with van der Waals surface area (Å²) >= 11 is 0. The molecular weight excluding hydrogens is 324 g/mol. The molecule has 0 saturated carbocycles. The van der Waals surface area contributed by atoms with Gasteiger partial charge in [-0.1, -0.05) is 19.9 Å². The highest BCUT2D eigenvalue weighted by Crippen LogP contribution is 2.32. The van der Waals surface area contributed by atoms with Gasteiger partial charge in [0.2, 0.25) is 12.7 Å². The fourth-order valence-corrected chi connectivity index (χ4v) is 2.51. The van der Waals surface area contributed by atoms with E-state index in [1.54, 1.807) is 12.1 Å². The average Bonchev–Trinajstić information content (AvgIpc) is 3.27. The fraction of sp³-hybridized carbons (Fsp3) is 0.333. The summed E-state index contributed by atoms with van der Waals surface area (Å²) < 4.78 is 15.6. The third kappa shape index (κ3) is 3.93. The molecule has 0 bridgehead atoms. The molecule has 1 aliphatic heterocycles. The zero-order valence-corrected chi connectivity index (χ0v) is 14.1. The Labute approximate surface area is 145 Å². The van der Waals surface area contributed by atoms with Gasteiger partial charge < -0.3 is 24.5 Å². The minimum Gasteiger partial charge on any atom is -0.459 e. The van der Waals surface area contributed by atoms with Crippen LogP contribution in [0.5, 0.6) is 11.5 Å². The van der Waals surface area contributed by atoms with Gasteiger partial charge in [-0.15, -0.1) is 0 Å². The lowest BCUT2D eigenvalue weighted by Crippen LogP contribution is -2.49. The third-order valence-electron chi connectivity index (χ3n) is 3.88. The number of rotatable bonds is 6. The molecule has 1 aromatic carbocycles. The second kappa shape index (κ2) is 7.29. The normalized spacial score (nSPS) is 13.6. The summed E-state index contributed by atoms with van der Waals surface area (Å²) in [6.45, 7) is 4.27. The summed E-state index contributed by atoms with van der Waals surface area (Å²) in [4.78, 5) is 24.6. The molecule has 3 rings (SSSR count). The maximum atomic E-state index is 12.5. The molecule has 25 heavy (non-hydrogen) atoms. The Morgan fingerprint density at radius 3 is 2.68 bits per heavy atom. The average molecular weight is 344 g/mol. The van der Waals surface area contributed by atoms with E-state index in [-0.39, 0.29) is 24.4 Å². The molecule has 7 heteroatoms. The van der Waals surface area contributed by atoms with Crippen molar-refractivity contribution in [3.05, 3.63) is 47.9 Å². The van der Waals surface area contributed by atoms with Crippen LogP contribution in [0.25, 0.3) is 0 Å². The molecular formula is C18H20N2O5. The quantitative estimate of drug-likeness (QED) is 0.837. The number of amides is 2. The second-order valence-electron chi connectivity index (χ2n) is 6.08. The van der Waals surface area contributed by atoms with Crippen LogP contribution in [0.4, 0.5) is 0 Å². The number of ether oxygens (including phenoxy) is 2. The van der Waals surface area contributed by atoms with Crippen LogP contribution in [0, 0.1) is 5.92 Å². The predicted molar refractivity (Wildman–Crippen MR) is 89.2 cm³/mol. The highest BCUT2D eigenvalue weighted by Gasteiger charge is 2.25. The third-order valence-corrected chi connectivity index (χ3v) is 3.88. The van der Waals surface area contributed by atoms with Crippen molar-refractivity contribution in [1.82, 2.24) is 10.6 Å². The molecule has 0 unspecified atom stereocenters. The van der Waals surface area contributed by atoms with E-state index in [0.29, 0.717) is 18.0 Å². The molecule has 2 amide bonds. The van der Waals surface area contributed by atoms with Crippen molar-refractivity contribution in [2.75, 3.05) is 6.79 Å². The lowest BCUT2D eigenvalue weighted by atomic mass is 10.0. The molecule has 1 aliphatic rings. The van der Waals surface area contributed by atoms with Gasteiger partial charge >= 0.3 is 0 Å². The van der Waals surface area contributed by atoms with Gasteiger partial charge in [-0.25, -0.2) is 0 Å². The zero-order chi connectivity index (χ0) is 17.8. The fourth-order valence-electron chi connectivity index (χ4n) is 2.51. The van der Waals surface area contributed by atoms with Gasteiger partial charge in [0.25, 0.3) is 5.91 Å². The molecule has 7 nitrogen and oxygen atoms in total. The molecule has 0 radical (unpaired) electrons. The Morgan fingerprint density at radius 2 is 1.96 bits per heavy atom. The van der Waals surface area contributed by atoms with Crippen molar-refractivity contribution in [3.8, 4) is 11.5 Å². The van der Waals surface area contributed by atoms with Crippen molar-refractivity contribution in [1.29, 1.82) is 0 Å². The first-order chi connectivity index (χ1) is 12.0. The van der Waals surface area contributed by atoms with E-state index in [9.17, 15) is 9.59 Å². The number of furan rings is 1. The Bertz CT molecular complexity index is 755. The summed E-state index contributed by atoms with van der Waals surface area (Å²) in [5.74, 6) is 0.790. The number of carbonyl (C=O) groups is 2. The van der Waals surface area contributed by atoms with E-state index >= 15 is 0 Å². The SMILES string of the molecule is CC(C)[C@@H](NC(=O)c1ccco1)C(=O)NCc1ccc2c(c1)OCO2. The summed E-state index contributed by atoms with van der Waals surface area (Å²) in [6, 6.07) is 8.01. The molecule has 2 N–H and O–H groups in total. The summed E-state index contributed by atoms with van der Waals surface area (Å²) in [7, 11) is 0. The van der Waals surface area contributed by atoms with Crippen LogP contribution in [0.1, 0.15) is 30.0 Å². The van der Waals surface area contributed by atoms with Gasteiger partial charge in [-0.3, -0.25) is 9.59 Å². The first-order valence-electron chi connectivity index (χ1n) is 8.05. The first kappa shape index (κ1) is 16.9. The van der Waals surface area contributed by atoms with Crippen LogP contribution < -0.4 is 20.1 Å². The van der Waals surface area contributed by atoms with E-state index in [1.165, 1.54) is 6.26 Å². The number of nitrogens with one attached hydrogen (secondary N) is 2. The van der Waals surface area contributed by atoms with E-state index in [4.69, 9.17) is 13.9 Å². The largest absolute Gasteiger partial charge is 0.459 e. The minimum atomic E-state index is -0.661. The first-order valence-corrected chi connectivity index (χ1v) is 8.05. The van der Waals surface area contributed by atoms with Crippen LogP contribution in [-0.2, 0) is 11.3 Å². The lowest BCUT2D eigenvalue weighted by Gasteiger charge is -2.21. The topological polar surface area (TPSA) is 89.8 Å². The van der Waals surface area contributed by atoms with E-state index in [2.05, 4.69) is 10.6 Å². The minimum absolute atomic E-state index is 0.0735. The smallest absolute Gasteiger partial charge is 0.287 e. The highest BCUT2D eigenvalue weighted by molar-refractivity contribution is 5.95. The zero-order valence-electron chi connectivity index (χ0n) is 14.1. The van der Waals surface area contributed by atoms with Crippen LogP contribution in [-0.4, -0.2) is 24.6 Å². The molecule has 1 aromatic heterocycles. The summed E-state index contributed by atoms with van der Waals surface area (Å²) in [5, 5.41) is 5.55. The van der Waals surface area contributed by atoms with Gasteiger partial charge in [0.1, 0.15) is 6.04 Å². The number of hydrogen-bond acceptors (Lipinski definition) is 5. The standard InChI is InChI=1S/C18H20N2O5/c1-11(2)16(20-17(21)14-4-3-7-23-14)18(22)19-9-12-5-6-13-15(8-12)25-10-24-13/h3-8,11,16H,9-10H2,1-2H3,(H,19,22)(H,20,21)/t16-/m1/s1. The van der Waals surface area contributed by atoms with Crippen molar-refractivity contribution in [2.45, 2.75) is 26.4 Å². The van der Waals surface area contributed by atoms with Gasteiger partial charge in [-0.05, 0) is 35.7 Å². The van der Waals surface area contributed by atoms with Gasteiger partial charge in [0.15, 0.2) is 17.3 Å². The van der Waals surface area contributed by atoms with Crippen molar-refractivity contribution >= 4 is 11.8 Å². The molecule has 132 valence electrons. The highest BCUT2D eigenvalue weighted by atomic mass is 16.7. The van der Waals surface area contributed by atoms with Gasteiger partial charge in [-0.2, -0.15) is 0 Å². The number of hydrogen-bond donors (Lipinski definition) is 2. The summed E-state index contributed by atoms with van der Waals surface area (Å²) in [6.07, 6.45) is 1.42. The van der Waals surface area contributed by atoms with Crippen molar-refractivity contribution < 1.29 is 23.5 Å². The van der Waals surface area contributed by atoms with E-state index in [0.717, 1.165) is 5.56 Å². The number of benzene rings is 1. The molecule has 0 spiro atoms. The predicted octanol–water partition coefficient (Wildman–Crippen LogP) is 2.08. The maximum absolute atomic E-state index is 12.5. The Balaban J connectivity index is 1.60. The van der Waals surface area contributed by atoms with E-state index in [1.807, 2.05) is 32.0 Å². The molecule has 1 atom stereocenters. The second-order valence-corrected chi connectivity index (χ2v) is 6.08. The monoisotopic (exact) mass is 344 g/mol. The molecule has 0 aliphatic carbocycles. The van der Waals surface area contributed by atoms with E-state index < -0.39 is 11.9 Å². The number of carbonyl (C=O) groups excluding carboxylic acids is 2. The molecule has 0 saturated heterocycles. The van der Waals surface area contributed by atoms with Crippen molar-refractivity contribution in [2.24, 2.45) is 5.92 Å². The Kier molecular flexibility index (Phi) is 4.92. The van der Waals surface area contributed by atoms with Crippen molar-refractivity contribution in [3.63, 3.8) is 0 Å².